The third-order valence-electron chi connectivity index (χ3n) is 4.53. The van der Waals surface area contributed by atoms with Gasteiger partial charge in [0.05, 0.1) is 6.61 Å². The number of methoxy groups -OCH3 is 1. The number of nitrogens with zero attached hydrogens (tertiary/aromatic N) is 1. The lowest BCUT2D eigenvalue weighted by Crippen LogP contribution is -2.60. The van der Waals surface area contributed by atoms with Crippen LogP contribution < -0.4 is 5.32 Å². The molecule has 0 radical (unpaired) electrons. The molecule has 2 rings (SSSR count). The highest BCUT2D eigenvalue weighted by Crippen LogP contribution is 2.26. The average molecular weight is 256 g/mol. The van der Waals surface area contributed by atoms with E-state index in [1.165, 1.54) is 0 Å². The molecular weight excluding hydrogens is 228 g/mol. The van der Waals surface area contributed by atoms with Crippen LogP contribution in [-0.4, -0.2) is 62.5 Å². The van der Waals surface area contributed by atoms with Crippen LogP contribution >= 0.6 is 0 Å². The summed E-state index contributed by atoms with van der Waals surface area (Å²) in [4.78, 5) is 2.57. The van der Waals surface area contributed by atoms with Gasteiger partial charge in [-0.05, 0) is 12.8 Å². The van der Waals surface area contributed by atoms with Gasteiger partial charge < -0.3 is 14.8 Å². The molecule has 2 fully saturated rings. The molecule has 2 aliphatic rings. The lowest BCUT2D eigenvalue weighted by Gasteiger charge is -2.43. The third-order valence-corrected chi connectivity index (χ3v) is 4.53. The number of rotatable bonds is 4. The largest absolute Gasteiger partial charge is 0.378 e. The molecule has 2 saturated heterocycles. The maximum atomic E-state index is 5.76. The first-order valence-corrected chi connectivity index (χ1v) is 7.17. The lowest BCUT2D eigenvalue weighted by atomic mass is 9.96. The van der Waals surface area contributed by atoms with Gasteiger partial charge in [0.25, 0.3) is 0 Å². The van der Waals surface area contributed by atoms with Crippen LogP contribution in [0.2, 0.25) is 0 Å². The first-order valence-electron chi connectivity index (χ1n) is 7.17. The summed E-state index contributed by atoms with van der Waals surface area (Å²) in [6.07, 6.45) is 1.02. The van der Waals surface area contributed by atoms with E-state index in [1.54, 1.807) is 0 Å². The zero-order valence-electron chi connectivity index (χ0n) is 12.2. The van der Waals surface area contributed by atoms with E-state index >= 15 is 0 Å². The number of piperazine rings is 1. The van der Waals surface area contributed by atoms with Gasteiger partial charge in [0.15, 0.2) is 0 Å². The summed E-state index contributed by atoms with van der Waals surface area (Å²) in [6.45, 7) is 11.6. The van der Waals surface area contributed by atoms with Gasteiger partial charge in [-0.1, -0.05) is 13.8 Å². The predicted octanol–water partition coefficient (Wildman–Crippen LogP) is 1.11. The van der Waals surface area contributed by atoms with Crippen molar-refractivity contribution in [2.45, 2.75) is 44.9 Å². The summed E-state index contributed by atoms with van der Waals surface area (Å²) in [6, 6.07) is 1.17. The Morgan fingerprint density at radius 3 is 2.83 bits per heavy atom. The zero-order chi connectivity index (χ0) is 13.2. The Kier molecular flexibility index (Phi) is 4.64. The van der Waals surface area contributed by atoms with Crippen LogP contribution in [0.5, 0.6) is 0 Å². The lowest BCUT2D eigenvalue weighted by molar-refractivity contribution is -0.0548. The highest BCUT2D eigenvalue weighted by molar-refractivity contribution is 4.93. The molecule has 0 aromatic carbocycles. The summed E-state index contributed by atoms with van der Waals surface area (Å²) >= 11 is 0. The molecule has 0 spiro atoms. The predicted molar refractivity (Wildman–Crippen MR) is 72.8 cm³/mol. The van der Waals surface area contributed by atoms with Crippen LogP contribution in [0.3, 0.4) is 0 Å². The van der Waals surface area contributed by atoms with Crippen molar-refractivity contribution in [3.05, 3.63) is 0 Å². The maximum Gasteiger partial charge on any atom is 0.106 e. The smallest absolute Gasteiger partial charge is 0.106 e. The van der Waals surface area contributed by atoms with E-state index in [-0.39, 0.29) is 5.60 Å². The van der Waals surface area contributed by atoms with Crippen molar-refractivity contribution in [2.24, 2.45) is 5.92 Å². The van der Waals surface area contributed by atoms with Crippen LogP contribution in [0.4, 0.5) is 0 Å². The molecule has 4 heteroatoms. The van der Waals surface area contributed by atoms with Crippen molar-refractivity contribution in [3.8, 4) is 0 Å². The van der Waals surface area contributed by atoms with Crippen LogP contribution in [-0.2, 0) is 9.47 Å². The van der Waals surface area contributed by atoms with Crippen LogP contribution in [0.15, 0.2) is 0 Å². The first kappa shape index (κ1) is 14.3. The van der Waals surface area contributed by atoms with Gasteiger partial charge in [-0.15, -0.1) is 0 Å². The van der Waals surface area contributed by atoms with Crippen molar-refractivity contribution in [3.63, 3.8) is 0 Å². The minimum atomic E-state index is -0.0763. The van der Waals surface area contributed by atoms with Crippen LogP contribution in [0.1, 0.15) is 27.2 Å². The van der Waals surface area contributed by atoms with Crippen molar-refractivity contribution < 1.29 is 9.47 Å². The molecule has 3 atom stereocenters. The van der Waals surface area contributed by atoms with E-state index in [9.17, 15) is 0 Å². The highest BCUT2D eigenvalue weighted by atomic mass is 16.5. The molecule has 0 aromatic heterocycles. The van der Waals surface area contributed by atoms with E-state index in [0.29, 0.717) is 18.0 Å². The minimum Gasteiger partial charge on any atom is -0.378 e. The van der Waals surface area contributed by atoms with Crippen molar-refractivity contribution >= 4 is 0 Å². The molecule has 2 aliphatic heterocycles. The zero-order valence-corrected chi connectivity index (χ0v) is 12.2. The number of nitrogens with one attached hydrogen (secondary N) is 1. The fourth-order valence-electron chi connectivity index (χ4n) is 2.92. The Balaban J connectivity index is 1.97. The van der Waals surface area contributed by atoms with Gasteiger partial charge in [0.2, 0.25) is 0 Å². The molecule has 0 aliphatic carbocycles. The summed E-state index contributed by atoms with van der Waals surface area (Å²) in [5.41, 5.74) is -0.0763. The fourth-order valence-corrected chi connectivity index (χ4v) is 2.92. The minimum absolute atomic E-state index is 0.0763. The van der Waals surface area contributed by atoms with E-state index in [2.05, 4.69) is 31.0 Å². The SMILES string of the molecule is COC1(CN2CC(C(C)C)NCC2C)CCOC1. The van der Waals surface area contributed by atoms with Gasteiger partial charge >= 0.3 is 0 Å². The fraction of sp³-hybridized carbons (Fsp3) is 1.00. The normalized spacial score (nSPS) is 38.5. The highest BCUT2D eigenvalue weighted by Gasteiger charge is 2.39. The van der Waals surface area contributed by atoms with Crippen molar-refractivity contribution in [2.75, 3.05) is 40.0 Å². The molecule has 0 bridgehead atoms. The van der Waals surface area contributed by atoms with E-state index < -0.39 is 0 Å². The number of ether oxygens (including phenoxy) is 2. The standard InChI is InChI=1S/C14H28N2O2/c1-11(2)13-8-16(12(3)7-15-13)9-14(17-4)5-6-18-10-14/h11-13,15H,5-10H2,1-4H3. The molecule has 2 heterocycles. The summed E-state index contributed by atoms with van der Waals surface area (Å²) in [5.74, 6) is 0.679. The van der Waals surface area contributed by atoms with Crippen LogP contribution in [0.25, 0.3) is 0 Å². The number of hydrogen-bond acceptors (Lipinski definition) is 4. The molecule has 0 aromatic rings. The Bertz CT molecular complexity index is 265. The third kappa shape index (κ3) is 3.05. The van der Waals surface area contributed by atoms with E-state index in [4.69, 9.17) is 9.47 Å². The Labute approximate surface area is 111 Å². The number of hydrogen-bond donors (Lipinski definition) is 1. The van der Waals surface area contributed by atoms with E-state index in [0.717, 1.165) is 39.3 Å². The second kappa shape index (κ2) is 5.87. The van der Waals surface area contributed by atoms with Crippen molar-refractivity contribution in [1.82, 2.24) is 10.2 Å². The second-order valence-corrected chi connectivity index (χ2v) is 6.23. The topological polar surface area (TPSA) is 33.7 Å². The first-order chi connectivity index (χ1) is 8.56. The van der Waals surface area contributed by atoms with Gasteiger partial charge in [0, 0.05) is 51.9 Å². The Hall–Kier alpha value is -0.160. The second-order valence-electron chi connectivity index (χ2n) is 6.23. The Morgan fingerprint density at radius 1 is 1.50 bits per heavy atom. The summed E-state index contributed by atoms with van der Waals surface area (Å²) < 4.78 is 11.3. The molecule has 0 amide bonds. The summed E-state index contributed by atoms with van der Waals surface area (Å²) in [5, 5.41) is 3.64. The monoisotopic (exact) mass is 256 g/mol. The van der Waals surface area contributed by atoms with E-state index in [1.807, 2.05) is 7.11 Å². The van der Waals surface area contributed by atoms with Gasteiger partial charge in [-0.3, -0.25) is 4.90 Å². The molecule has 18 heavy (non-hydrogen) atoms. The van der Waals surface area contributed by atoms with Gasteiger partial charge in [-0.2, -0.15) is 0 Å². The molecular formula is C14H28N2O2. The van der Waals surface area contributed by atoms with Gasteiger partial charge in [-0.25, -0.2) is 0 Å². The Morgan fingerprint density at radius 2 is 2.28 bits per heavy atom. The quantitative estimate of drug-likeness (QED) is 0.817. The van der Waals surface area contributed by atoms with Gasteiger partial charge in [0.1, 0.15) is 5.60 Å². The average Bonchev–Trinajstić information content (AvgIpc) is 2.81. The maximum absolute atomic E-state index is 5.76. The van der Waals surface area contributed by atoms with Crippen LogP contribution in [0, 0.1) is 5.92 Å². The molecule has 0 saturated carbocycles. The molecule has 3 unspecified atom stereocenters. The van der Waals surface area contributed by atoms with Crippen molar-refractivity contribution in [1.29, 1.82) is 0 Å². The molecule has 106 valence electrons. The summed E-state index contributed by atoms with van der Waals surface area (Å²) in [7, 11) is 1.82. The molecule has 4 nitrogen and oxygen atoms in total. The molecule has 1 N–H and O–H groups in total.